The number of aryl methyl sites for hydroxylation is 2. The molecule has 4 rings (SSSR count). The van der Waals surface area contributed by atoms with E-state index in [1.54, 1.807) is 4.40 Å². The van der Waals surface area contributed by atoms with Crippen molar-refractivity contribution in [2.24, 2.45) is 0 Å². The van der Waals surface area contributed by atoms with Gasteiger partial charge in [0.15, 0.2) is 4.96 Å². The smallest absolute Gasteiger partial charge is 0.267 e. The lowest BCUT2D eigenvalue weighted by Gasteiger charge is -1.97. The van der Waals surface area contributed by atoms with E-state index in [9.17, 15) is 4.79 Å². The molecule has 0 aliphatic carbocycles. The Morgan fingerprint density at radius 3 is 2.65 bits per heavy atom. The Morgan fingerprint density at radius 2 is 1.91 bits per heavy atom. The van der Waals surface area contributed by atoms with Gasteiger partial charge in [-0.2, -0.15) is 0 Å². The van der Waals surface area contributed by atoms with Crippen LogP contribution < -0.4 is 10.1 Å². The van der Waals surface area contributed by atoms with Gasteiger partial charge in [-0.1, -0.05) is 41.1 Å². The number of thiazole rings is 1. The summed E-state index contributed by atoms with van der Waals surface area (Å²) in [5.74, 6) is 0. The Hall–Kier alpha value is -2.17. The molecular weight excluding hydrogens is 328 g/mol. The lowest BCUT2D eigenvalue weighted by atomic mass is 10.1. The van der Waals surface area contributed by atoms with Crippen molar-refractivity contribution in [3.63, 3.8) is 0 Å². The first-order chi connectivity index (χ1) is 11.0. The van der Waals surface area contributed by atoms with Gasteiger partial charge in [0.1, 0.15) is 0 Å². The summed E-state index contributed by atoms with van der Waals surface area (Å²) in [5.41, 5.74) is 4.94. The van der Waals surface area contributed by atoms with Gasteiger partial charge >= 0.3 is 0 Å². The second kappa shape index (κ2) is 5.18. The van der Waals surface area contributed by atoms with Crippen molar-refractivity contribution in [3.05, 3.63) is 73.0 Å². The minimum absolute atomic E-state index is 0.0209. The summed E-state index contributed by atoms with van der Waals surface area (Å²) in [6.07, 6.45) is 1.88. The Bertz CT molecular complexity index is 1160. The van der Waals surface area contributed by atoms with Gasteiger partial charge in [-0.05, 0) is 54.8 Å². The normalized spacial score (nSPS) is 12.6. The Labute approximate surface area is 141 Å². The third kappa shape index (κ3) is 2.35. The molecule has 0 aliphatic heterocycles. The molecule has 3 nitrogen and oxygen atoms in total. The van der Waals surface area contributed by atoms with Crippen molar-refractivity contribution >= 4 is 45.0 Å². The van der Waals surface area contributed by atoms with Crippen LogP contribution in [-0.2, 0) is 0 Å². The molecule has 2 aromatic heterocycles. The molecule has 0 spiro atoms. The zero-order valence-corrected chi connectivity index (χ0v) is 14.2. The number of halogens is 1. The summed E-state index contributed by atoms with van der Waals surface area (Å²) >= 11 is 7.31. The number of aromatic nitrogens is 2. The van der Waals surface area contributed by atoms with Crippen molar-refractivity contribution < 1.29 is 0 Å². The summed E-state index contributed by atoms with van der Waals surface area (Å²) < 4.78 is 2.39. The van der Waals surface area contributed by atoms with Gasteiger partial charge < -0.3 is 0 Å². The lowest BCUT2D eigenvalue weighted by molar-refractivity contribution is 1.18. The van der Waals surface area contributed by atoms with E-state index in [0.29, 0.717) is 9.55 Å². The maximum Gasteiger partial charge on any atom is 0.274 e. The van der Waals surface area contributed by atoms with Crippen LogP contribution in [0.25, 0.3) is 22.1 Å². The van der Waals surface area contributed by atoms with E-state index >= 15 is 0 Å². The van der Waals surface area contributed by atoms with Crippen LogP contribution in [0.3, 0.4) is 0 Å². The van der Waals surface area contributed by atoms with Gasteiger partial charge in [0.05, 0.1) is 15.6 Å². The summed E-state index contributed by atoms with van der Waals surface area (Å²) in [6.45, 7) is 4.06. The summed E-state index contributed by atoms with van der Waals surface area (Å²) in [7, 11) is 0. The van der Waals surface area contributed by atoms with E-state index in [1.165, 1.54) is 11.3 Å². The highest BCUT2D eigenvalue weighted by Crippen LogP contribution is 2.21. The molecule has 4 aromatic rings. The fourth-order valence-electron chi connectivity index (χ4n) is 2.82. The molecule has 0 N–H and O–H groups in total. The Kier molecular flexibility index (Phi) is 3.25. The number of benzene rings is 2. The molecule has 0 bridgehead atoms. The standard InChI is InChI=1S/C18H13ClN2OS/c1-10-7-11(2)16-14(8-10)21-17(22)15(23-18(21)20-16)9-12-3-5-13(19)6-4-12/h3-9H,1-2H3/b15-9-. The third-order valence-corrected chi connectivity index (χ3v) is 5.07. The molecule has 0 atom stereocenters. The maximum atomic E-state index is 12.8. The molecule has 114 valence electrons. The molecule has 0 fully saturated rings. The van der Waals surface area contributed by atoms with Crippen molar-refractivity contribution in [1.82, 2.24) is 9.38 Å². The van der Waals surface area contributed by atoms with E-state index < -0.39 is 0 Å². The number of imidazole rings is 1. The molecular formula is C18H13ClN2OS. The van der Waals surface area contributed by atoms with Crippen molar-refractivity contribution in [1.29, 1.82) is 0 Å². The average molecular weight is 341 g/mol. The zero-order valence-electron chi connectivity index (χ0n) is 12.6. The first-order valence-corrected chi connectivity index (χ1v) is 8.42. The number of hydrogen-bond acceptors (Lipinski definition) is 3. The molecule has 0 unspecified atom stereocenters. The van der Waals surface area contributed by atoms with Crippen molar-refractivity contribution in [2.75, 3.05) is 0 Å². The van der Waals surface area contributed by atoms with Crippen LogP contribution in [0.4, 0.5) is 0 Å². The fraction of sp³-hybridized carbons (Fsp3) is 0.111. The second-order valence-corrected chi connectivity index (χ2v) is 7.09. The lowest BCUT2D eigenvalue weighted by Crippen LogP contribution is -2.22. The first kappa shape index (κ1) is 14.4. The van der Waals surface area contributed by atoms with Crippen LogP contribution in [0, 0.1) is 13.8 Å². The molecule has 0 saturated carbocycles. The van der Waals surface area contributed by atoms with Gasteiger partial charge in [-0.3, -0.25) is 4.79 Å². The summed E-state index contributed by atoms with van der Waals surface area (Å²) in [4.78, 5) is 18.1. The monoisotopic (exact) mass is 340 g/mol. The minimum atomic E-state index is -0.0209. The van der Waals surface area contributed by atoms with Gasteiger partial charge in [-0.15, -0.1) is 0 Å². The number of fused-ring (bicyclic) bond motifs is 3. The zero-order chi connectivity index (χ0) is 16.1. The molecule has 0 aliphatic rings. The van der Waals surface area contributed by atoms with Gasteiger partial charge in [-0.25, -0.2) is 9.38 Å². The van der Waals surface area contributed by atoms with Gasteiger partial charge in [0.25, 0.3) is 5.56 Å². The van der Waals surface area contributed by atoms with E-state index in [2.05, 4.69) is 11.1 Å². The Morgan fingerprint density at radius 1 is 1.17 bits per heavy atom. The molecule has 23 heavy (non-hydrogen) atoms. The topological polar surface area (TPSA) is 34.4 Å². The first-order valence-electron chi connectivity index (χ1n) is 7.22. The average Bonchev–Trinajstić information content (AvgIpc) is 3.00. The highest BCUT2D eigenvalue weighted by atomic mass is 35.5. The molecule has 0 radical (unpaired) electrons. The van der Waals surface area contributed by atoms with Crippen LogP contribution in [0.15, 0.2) is 41.2 Å². The van der Waals surface area contributed by atoms with Crippen molar-refractivity contribution in [3.8, 4) is 0 Å². The molecule has 2 aromatic carbocycles. The quantitative estimate of drug-likeness (QED) is 0.529. The Balaban J connectivity index is 2.02. The van der Waals surface area contributed by atoms with Crippen LogP contribution in [0.1, 0.15) is 16.7 Å². The second-order valence-electron chi connectivity index (χ2n) is 5.65. The molecule has 0 amide bonds. The third-order valence-electron chi connectivity index (χ3n) is 3.85. The van der Waals surface area contributed by atoms with Crippen LogP contribution in [-0.4, -0.2) is 9.38 Å². The maximum absolute atomic E-state index is 12.8. The number of rotatable bonds is 1. The highest BCUT2D eigenvalue weighted by molar-refractivity contribution is 7.15. The van der Waals surface area contributed by atoms with Crippen LogP contribution in [0.5, 0.6) is 0 Å². The predicted molar refractivity (Wildman–Crippen MR) is 96.6 cm³/mol. The summed E-state index contributed by atoms with van der Waals surface area (Å²) in [5, 5.41) is 0.683. The van der Waals surface area contributed by atoms with Gasteiger partial charge in [0.2, 0.25) is 0 Å². The highest BCUT2D eigenvalue weighted by Gasteiger charge is 2.13. The fourth-order valence-corrected chi connectivity index (χ4v) is 3.93. The number of hydrogen-bond donors (Lipinski definition) is 0. The molecule has 2 heterocycles. The minimum Gasteiger partial charge on any atom is -0.267 e. The van der Waals surface area contributed by atoms with E-state index in [4.69, 9.17) is 11.6 Å². The van der Waals surface area contributed by atoms with E-state index in [-0.39, 0.29) is 5.56 Å². The molecule has 0 saturated heterocycles. The largest absolute Gasteiger partial charge is 0.274 e. The van der Waals surface area contributed by atoms with Crippen LogP contribution >= 0.6 is 22.9 Å². The van der Waals surface area contributed by atoms with E-state index in [1.807, 2.05) is 50.3 Å². The number of nitrogens with zero attached hydrogens (tertiary/aromatic N) is 2. The van der Waals surface area contributed by atoms with E-state index in [0.717, 1.165) is 32.7 Å². The molecule has 5 heteroatoms. The van der Waals surface area contributed by atoms with Crippen molar-refractivity contribution in [2.45, 2.75) is 13.8 Å². The summed E-state index contributed by atoms with van der Waals surface area (Å²) in [6, 6.07) is 11.5. The van der Waals surface area contributed by atoms with Gasteiger partial charge in [0, 0.05) is 5.02 Å². The SMILES string of the molecule is Cc1cc(C)c2nc3s/c(=C\c4ccc(Cl)cc4)c(=O)n3c2c1. The predicted octanol–water partition coefficient (Wildman–Crippen LogP) is 3.73. The van der Waals surface area contributed by atoms with Crippen LogP contribution in [0.2, 0.25) is 5.02 Å².